The number of hydrogen-bond donors (Lipinski definition) is 0. The van der Waals surface area contributed by atoms with Gasteiger partial charge < -0.3 is 0 Å². The number of carbonyl (C=O) groups excluding carboxylic acids is 1. The van der Waals surface area contributed by atoms with Gasteiger partial charge in [-0.2, -0.15) is 23.1 Å². The van der Waals surface area contributed by atoms with Crippen LogP contribution in [0.15, 0.2) is 16.8 Å². The zero-order valence-electron chi connectivity index (χ0n) is 6.66. The van der Waals surface area contributed by atoms with E-state index < -0.39 is 0 Å². The fraction of sp³-hybridized carbons (Fsp3) is 0.444. The van der Waals surface area contributed by atoms with Gasteiger partial charge in [-0.25, -0.2) is 0 Å². The second-order valence-electron chi connectivity index (χ2n) is 3.01. The lowest BCUT2D eigenvalue weighted by atomic mass is 10.0. The van der Waals surface area contributed by atoms with Crippen molar-refractivity contribution in [1.82, 2.24) is 0 Å². The van der Waals surface area contributed by atoms with Crippen molar-refractivity contribution < 1.29 is 4.79 Å². The lowest BCUT2D eigenvalue weighted by Gasteiger charge is -2.03. The van der Waals surface area contributed by atoms with Crippen molar-refractivity contribution in [3.8, 4) is 0 Å². The average Bonchev–Trinajstić information content (AvgIpc) is 2.65. The van der Waals surface area contributed by atoms with Gasteiger partial charge in [-0.15, -0.1) is 0 Å². The lowest BCUT2D eigenvalue weighted by Crippen LogP contribution is -2.13. The Morgan fingerprint density at radius 1 is 1.58 bits per heavy atom. The van der Waals surface area contributed by atoms with E-state index in [1.165, 1.54) is 5.56 Å². The van der Waals surface area contributed by atoms with Gasteiger partial charge in [0.25, 0.3) is 0 Å². The number of carbonyl (C=O) groups is 1. The number of thioether (sulfide) groups is 1. The van der Waals surface area contributed by atoms with Crippen molar-refractivity contribution in [3.63, 3.8) is 0 Å². The van der Waals surface area contributed by atoms with Crippen LogP contribution in [-0.2, 0) is 11.2 Å². The quantitative estimate of drug-likeness (QED) is 0.725. The predicted octanol–water partition coefficient (Wildman–Crippen LogP) is 2.22. The number of hydrogen-bond acceptors (Lipinski definition) is 3. The molecule has 0 amide bonds. The van der Waals surface area contributed by atoms with E-state index in [0.29, 0.717) is 11.7 Å². The molecule has 1 atom stereocenters. The minimum Gasteiger partial charge on any atom is -0.298 e. The Hall–Kier alpha value is -0.280. The summed E-state index contributed by atoms with van der Waals surface area (Å²) in [5.41, 5.74) is 1.32. The third-order valence-corrected chi connectivity index (χ3v) is 3.94. The number of Topliss-reactive ketones (excluding diaryl/α,β-unsaturated/α-hetero) is 1. The molecule has 1 fully saturated rings. The highest BCUT2D eigenvalue weighted by molar-refractivity contribution is 8.00. The van der Waals surface area contributed by atoms with Gasteiger partial charge in [-0.3, -0.25) is 4.79 Å². The van der Waals surface area contributed by atoms with Gasteiger partial charge in [0, 0.05) is 11.7 Å². The lowest BCUT2D eigenvalue weighted by molar-refractivity contribution is -0.119. The Morgan fingerprint density at radius 2 is 2.50 bits per heavy atom. The van der Waals surface area contributed by atoms with E-state index in [4.69, 9.17) is 0 Å². The minimum atomic E-state index is 0.296. The van der Waals surface area contributed by atoms with E-state index in [2.05, 4.69) is 16.8 Å². The molecule has 1 aliphatic heterocycles. The van der Waals surface area contributed by atoms with Crippen LogP contribution in [0.1, 0.15) is 5.56 Å². The second kappa shape index (κ2) is 3.62. The molecule has 0 aliphatic carbocycles. The van der Waals surface area contributed by atoms with E-state index >= 15 is 0 Å². The van der Waals surface area contributed by atoms with Crippen molar-refractivity contribution >= 4 is 28.9 Å². The summed E-state index contributed by atoms with van der Waals surface area (Å²) in [5.74, 6) is 2.49. The molecule has 3 heteroatoms. The summed E-state index contributed by atoms with van der Waals surface area (Å²) in [6.45, 7) is 0. The molecule has 12 heavy (non-hydrogen) atoms. The molecule has 1 aliphatic rings. The van der Waals surface area contributed by atoms with Gasteiger partial charge in [-0.1, -0.05) is 0 Å². The van der Waals surface area contributed by atoms with Crippen molar-refractivity contribution in [2.45, 2.75) is 6.42 Å². The fourth-order valence-corrected chi connectivity index (χ4v) is 3.20. The van der Waals surface area contributed by atoms with Crippen LogP contribution >= 0.6 is 23.1 Å². The topological polar surface area (TPSA) is 17.1 Å². The first kappa shape index (κ1) is 8.32. The maximum atomic E-state index is 11.3. The molecule has 0 saturated carbocycles. The molecule has 1 saturated heterocycles. The van der Waals surface area contributed by atoms with Gasteiger partial charge in [0.05, 0.1) is 5.75 Å². The van der Waals surface area contributed by atoms with Crippen molar-refractivity contribution in [2.75, 3.05) is 11.5 Å². The van der Waals surface area contributed by atoms with Crippen LogP contribution < -0.4 is 0 Å². The maximum Gasteiger partial charge on any atom is 0.146 e. The Labute approximate surface area is 80.2 Å². The van der Waals surface area contributed by atoms with Crippen LogP contribution in [0.5, 0.6) is 0 Å². The Bertz CT molecular complexity index is 266. The molecular weight excluding hydrogens is 188 g/mol. The molecule has 64 valence electrons. The number of ketones is 1. The van der Waals surface area contributed by atoms with Crippen molar-refractivity contribution in [1.29, 1.82) is 0 Å². The summed E-state index contributed by atoms with van der Waals surface area (Å²) in [5, 5.41) is 4.21. The molecule has 1 nitrogen and oxygen atoms in total. The summed E-state index contributed by atoms with van der Waals surface area (Å²) in [6, 6.07) is 2.11. The zero-order valence-corrected chi connectivity index (χ0v) is 8.29. The molecule has 1 aromatic rings. The monoisotopic (exact) mass is 198 g/mol. The largest absolute Gasteiger partial charge is 0.298 e. The van der Waals surface area contributed by atoms with E-state index in [-0.39, 0.29) is 0 Å². The first-order valence-electron chi connectivity index (χ1n) is 3.98. The third kappa shape index (κ3) is 1.72. The highest BCUT2D eigenvalue weighted by Gasteiger charge is 2.24. The summed E-state index contributed by atoms with van der Waals surface area (Å²) in [6.07, 6.45) is 0.954. The molecule has 0 bridgehead atoms. The molecular formula is C9H10OS2. The molecule has 0 radical (unpaired) electrons. The SMILES string of the molecule is O=C1CSCC1Cc1ccsc1. The van der Waals surface area contributed by atoms with E-state index in [1.54, 1.807) is 23.1 Å². The first-order valence-corrected chi connectivity index (χ1v) is 6.07. The van der Waals surface area contributed by atoms with E-state index in [0.717, 1.165) is 17.9 Å². The second-order valence-corrected chi connectivity index (χ2v) is 4.82. The van der Waals surface area contributed by atoms with Crippen LogP contribution in [0.3, 0.4) is 0 Å². The smallest absolute Gasteiger partial charge is 0.146 e. The van der Waals surface area contributed by atoms with Gasteiger partial charge in [0.1, 0.15) is 5.78 Å². The summed E-state index contributed by atoms with van der Waals surface area (Å²) in [7, 11) is 0. The summed E-state index contributed by atoms with van der Waals surface area (Å²) >= 11 is 3.47. The maximum absolute atomic E-state index is 11.3. The number of thiophene rings is 1. The minimum absolute atomic E-state index is 0.296. The first-order chi connectivity index (χ1) is 5.86. The molecule has 0 N–H and O–H groups in total. The summed E-state index contributed by atoms with van der Waals surface area (Å²) in [4.78, 5) is 11.3. The average molecular weight is 198 g/mol. The van der Waals surface area contributed by atoms with Gasteiger partial charge in [-0.05, 0) is 28.8 Å². The molecule has 0 aromatic carbocycles. The fourth-order valence-electron chi connectivity index (χ4n) is 1.38. The van der Waals surface area contributed by atoms with Gasteiger partial charge in [0.2, 0.25) is 0 Å². The molecule has 1 unspecified atom stereocenters. The van der Waals surface area contributed by atoms with Crippen LogP contribution in [0.4, 0.5) is 0 Å². The van der Waals surface area contributed by atoms with Crippen LogP contribution in [0.25, 0.3) is 0 Å². The summed E-state index contributed by atoms with van der Waals surface area (Å²) < 4.78 is 0. The molecule has 0 spiro atoms. The molecule has 2 rings (SSSR count). The predicted molar refractivity (Wildman–Crippen MR) is 53.8 cm³/mol. The molecule has 2 heterocycles. The van der Waals surface area contributed by atoms with Crippen molar-refractivity contribution in [3.05, 3.63) is 22.4 Å². The van der Waals surface area contributed by atoms with Gasteiger partial charge >= 0.3 is 0 Å². The van der Waals surface area contributed by atoms with Crippen LogP contribution in [0, 0.1) is 5.92 Å². The third-order valence-electron chi connectivity index (χ3n) is 2.08. The normalized spacial score (nSPS) is 23.3. The van der Waals surface area contributed by atoms with Crippen molar-refractivity contribution in [2.24, 2.45) is 5.92 Å². The highest BCUT2D eigenvalue weighted by Crippen LogP contribution is 2.24. The number of rotatable bonds is 2. The Kier molecular flexibility index (Phi) is 2.51. The Morgan fingerprint density at radius 3 is 3.08 bits per heavy atom. The van der Waals surface area contributed by atoms with E-state index in [9.17, 15) is 4.79 Å². The van der Waals surface area contributed by atoms with Gasteiger partial charge in [0.15, 0.2) is 0 Å². The van der Waals surface area contributed by atoms with Crippen LogP contribution in [-0.4, -0.2) is 17.3 Å². The van der Waals surface area contributed by atoms with Crippen LogP contribution in [0.2, 0.25) is 0 Å². The zero-order chi connectivity index (χ0) is 8.39. The Balaban J connectivity index is 1.99. The highest BCUT2D eigenvalue weighted by atomic mass is 32.2. The standard InChI is InChI=1S/C9H10OS2/c10-9-6-12-5-8(9)3-7-1-2-11-4-7/h1-2,4,8H,3,5-6H2. The molecule has 1 aromatic heterocycles. The van der Waals surface area contributed by atoms with E-state index in [1.807, 2.05) is 0 Å².